The molecule has 1 atom stereocenters. The molecule has 26 heavy (non-hydrogen) atoms. The van der Waals surface area contributed by atoms with Crippen LogP contribution in [0.5, 0.6) is 0 Å². The molecule has 0 bridgehead atoms. The Morgan fingerprint density at radius 1 is 1.31 bits per heavy atom. The lowest BCUT2D eigenvalue weighted by molar-refractivity contribution is -0.128. The molecule has 1 aromatic heterocycles. The van der Waals surface area contributed by atoms with Gasteiger partial charge < -0.3 is 14.7 Å². The van der Waals surface area contributed by atoms with Gasteiger partial charge in [0, 0.05) is 19.2 Å². The molecule has 2 amide bonds. The molecule has 0 aliphatic rings. The zero-order chi connectivity index (χ0) is 18.9. The minimum Gasteiger partial charge on any atom is -0.360 e. The lowest BCUT2D eigenvalue weighted by atomic mass is 10.1. The molecule has 0 aliphatic carbocycles. The molecular weight excluding hydrogens is 350 g/mol. The summed E-state index contributed by atoms with van der Waals surface area (Å²) < 4.78 is 4.92. The van der Waals surface area contributed by atoms with Gasteiger partial charge in [-0.15, -0.1) is 11.8 Å². The number of aromatic nitrogens is 1. The van der Waals surface area contributed by atoms with Gasteiger partial charge in [0.25, 0.3) is 0 Å². The first-order chi connectivity index (χ1) is 12.5. The van der Waals surface area contributed by atoms with Gasteiger partial charge in [0.15, 0.2) is 5.82 Å². The van der Waals surface area contributed by atoms with E-state index in [1.165, 1.54) is 17.3 Å². The molecule has 0 spiro atoms. The van der Waals surface area contributed by atoms with Gasteiger partial charge in [-0.1, -0.05) is 35.5 Å². The van der Waals surface area contributed by atoms with Gasteiger partial charge in [0.2, 0.25) is 11.8 Å². The van der Waals surface area contributed by atoms with Crippen LogP contribution in [-0.4, -0.2) is 46.0 Å². The lowest BCUT2D eigenvalue weighted by Crippen LogP contribution is -2.35. The average molecular weight is 375 g/mol. The molecule has 1 N–H and O–H groups in total. The van der Waals surface area contributed by atoms with E-state index in [0.717, 1.165) is 6.42 Å². The molecule has 1 unspecified atom stereocenters. The highest BCUT2D eigenvalue weighted by Crippen LogP contribution is 2.15. The highest BCUT2D eigenvalue weighted by molar-refractivity contribution is 8.01. The number of aryl methyl sites for hydroxylation is 1. The first-order valence-corrected chi connectivity index (χ1v) is 9.72. The van der Waals surface area contributed by atoms with Crippen molar-refractivity contribution in [2.45, 2.75) is 32.4 Å². The van der Waals surface area contributed by atoms with Crippen LogP contribution in [0.15, 0.2) is 40.9 Å². The summed E-state index contributed by atoms with van der Waals surface area (Å²) in [5.74, 6) is 1.15. The van der Waals surface area contributed by atoms with E-state index in [1.54, 1.807) is 19.9 Å². The fraction of sp³-hybridized carbons (Fsp3) is 0.421. The normalized spacial score (nSPS) is 11.8. The first-order valence-electron chi connectivity index (χ1n) is 8.67. The SMILES string of the molecule is CCN(CCc1ccccc1)C(=O)CSC(C)C(=O)Nc1cc(C)on1. The third-order valence-electron chi connectivity index (χ3n) is 3.95. The molecule has 2 aromatic rings. The van der Waals surface area contributed by atoms with Crippen LogP contribution in [0.3, 0.4) is 0 Å². The fourth-order valence-electron chi connectivity index (χ4n) is 2.38. The number of hydrogen-bond acceptors (Lipinski definition) is 5. The Labute approximate surface area is 158 Å². The van der Waals surface area contributed by atoms with Crippen LogP contribution < -0.4 is 5.32 Å². The van der Waals surface area contributed by atoms with Gasteiger partial charge in [0.1, 0.15) is 5.76 Å². The number of likely N-dealkylation sites (N-methyl/N-ethyl adjacent to an activating group) is 1. The summed E-state index contributed by atoms with van der Waals surface area (Å²) in [5.41, 5.74) is 1.21. The van der Waals surface area contributed by atoms with Crippen LogP contribution in [0.2, 0.25) is 0 Å². The van der Waals surface area contributed by atoms with Crippen molar-refractivity contribution in [1.82, 2.24) is 10.1 Å². The summed E-state index contributed by atoms with van der Waals surface area (Å²) >= 11 is 1.32. The van der Waals surface area contributed by atoms with E-state index in [1.807, 2.05) is 30.0 Å². The number of nitrogens with one attached hydrogen (secondary N) is 1. The van der Waals surface area contributed by atoms with Gasteiger partial charge in [-0.05, 0) is 32.8 Å². The monoisotopic (exact) mass is 375 g/mol. The Bertz CT molecular complexity index is 718. The number of amides is 2. The zero-order valence-electron chi connectivity index (χ0n) is 15.4. The topological polar surface area (TPSA) is 75.4 Å². The van der Waals surface area contributed by atoms with Crippen molar-refractivity contribution in [3.63, 3.8) is 0 Å². The number of rotatable bonds is 9. The van der Waals surface area contributed by atoms with E-state index < -0.39 is 0 Å². The second-order valence-electron chi connectivity index (χ2n) is 5.97. The number of nitrogens with zero attached hydrogens (tertiary/aromatic N) is 2. The smallest absolute Gasteiger partial charge is 0.238 e. The Morgan fingerprint density at radius 2 is 2.04 bits per heavy atom. The minimum atomic E-state index is -0.358. The summed E-state index contributed by atoms with van der Waals surface area (Å²) in [7, 11) is 0. The highest BCUT2D eigenvalue weighted by Gasteiger charge is 2.19. The zero-order valence-corrected chi connectivity index (χ0v) is 16.2. The first kappa shape index (κ1) is 20.0. The third-order valence-corrected chi connectivity index (χ3v) is 5.08. The largest absolute Gasteiger partial charge is 0.360 e. The van der Waals surface area contributed by atoms with Crippen LogP contribution in [0.25, 0.3) is 0 Å². The standard InChI is InChI=1S/C19H25N3O3S/c1-4-22(11-10-16-8-6-5-7-9-16)18(23)13-26-15(3)19(24)20-17-12-14(2)25-21-17/h5-9,12,15H,4,10-11,13H2,1-3H3,(H,20,21,24). The van der Waals surface area contributed by atoms with E-state index in [4.69, 9.17) is 4.52 Å². The van der Waals surface area contributed by atoms with Crippen LogP contribution in [0, 0.1) is 6.92 Å². The quantitative estimate of drug-likeness (QED) is 0.729. The highest BCUT2D eigenvalue weighted by atomic mass is 32.2. The second-order valence-corrected chi connectivity index (χ2v) is 7.30. The number of thioether (sulfide) groups is 1. The van der Waals surface area contributed by atoms with Crippen molar-refractivity contribution in [1.29, 1.82) is 0 Å². The Morgan fingerprint density at radius 3 is 2.65 bits per heavy atom. The Kier molecular flexibility index (Phi) is 7.72. The minimum absolute atomic E-state index is 0.0466. The average Bonchev–Trinajstić information content (AvgIpc) is 3.05. The molecular formula is C19H25N3O3S. The molecule has 1 aromatic carbocycles. The number of benzene rings is 1. The van der Waals surface area contributed by atoms with E-state index in [-0.39, 0.29) is 22.8 Å². The molecule has 2 rings (SSSR count). The van der Waals surface area contributed by atoms with Crippen LogP contribution in [0.1, 0.15) is 25.2 Å². The van der Waals surface area contributed by atoms with Crippen molar-refractivity contribution in [2.75, 3.05) is 24.2 Å². The summed E-state index contributed by atoms with van der Waals surface area (Å²) in [6.07, 6.45) is 0.826. The maximum absolute atomic E-state index is 12.4. The molecule has 140 valence electrons. The number of anilines is 1. The fourth-order valence-corrected chi connectivity index (χ4v) is 3.17. The van der Waals surface area contributed by atoms with Crippen LogP contribution >= 0.6 is 11.8 Å². The van der Waals surface area contributed by atoms with Crippen molar-refractivity contribution in [2.24, 2.45) is 0 Å². The molecule has 6 nitrogen and oxygen atoms in total. The third kappa shape index (κ3) is 6.22. The molecule has 0 radical (unpaired) electrons. The molecule has 1 heterocycles. The summed E-state index contributed by atoms with van der Waals surface area (Å²) in [6, 6.07) is 11.8. The van der Waals surface area contributed by atoms with Crippen LogP contribution in [-0.2, 0) is 16.0 Å². The second kappa shape index (κ2) is 10.0. The summed E-state index contributed by atoms with van der Waals surface area (Å²) in [4.78, 5) is 26.4. The van der Waals surface area contributed by atoms with E-state index >= 15 is 0 Å². The molecule has 0 aliphatic heterocycles. The van der Waals surface area contributed by atoms with E-state index in [0.29, 0.717) is 24.7 Å². The maximum atomic E-state index is 12.4. The van der Waals surface area contributed by atoms with Gasteiger partial charge in [0.05, 0.1) is 11.0 Å². The van der Waals surface area contributed by atoms with Gasteiger partial charge >= 0.3 is 0 Å². The number of carbonyl (C=O) groups is 2. The van der Waals surface area contributed by atoms with E-state index in [2.05, 4.69) is 22.6 Å². The Hall–Kier alpha value is -2.28. The molecule has 0 saturated carbocycles. The van der Waals surface area contributed by atoms with Crippen molar-refractivity contribution in [3.8, 4) is 0 Å². The van der Waals surface area contributed by atoms with Gasteiger partial charge in [-0.2, -0.15) is 0 Å². The lowest BCUT2D eigenvalue weighted by Gasteiger charge is -2.21. The van der Waals surface area contributed by atoms with Crippen molar-refractivity contribution in [3.05, 3.63) is 47.7 Å². The Balaban J connectivity index is 1.76. The molecule has 0 saturated heterocycles. The van der Waals surface area contributed by atoms with Gasteiger partial charge in [-0.25, -0.2) is 0 Å². The van der Waals surface area contributed by atoms with Gasteiger partial charge in [-0.3, -0.25) is 9.59 Å². The van der Waals surface area contributed by atoms with Crippen LogP contribution in [0.4, 0.5) is 5.82 Å². The van der Waals surface area contributed by atoms with Crippen molar-refractivity contribution >= 4 is 29.4 Å². The predicted molar refractivity (Wildman–Crippen MR) is 104 cm³/mol. The molecule has 7 heteroatoms. The number of carbonyl (C=O) groups excluding carboxylic acids is 2. The predicted octanol–water partition coefficient (Wildman–Crippen LogP) is 3.13. The van der Waals surface area contributed by atoms with Crippen molar-refractivity contribution < 1.29 is 14.1 Å². The molecule has 0 fully saturated rings. The maximum Gasteiger partial charge on any atom is 0.238 e. The summed E-state index contributed by atoms with van der Waals surface area (Å²) in [5, 5.41) is 6.07. The number of hydrogen-bond donors (Lipinski definition) is 1. The summed E-state index contributed by atoms with van der Waals surface area (Å²) in [6.45, 7) is 6.84. The van der Waals surface area contributed by atoms with E-state index in [9.17, 15) is 9.59 Å².